The molecule has 0 bridgehead atoms. The van der Waals surface area contributed by atoms with Crippen molar-refractivity contribution < 1.29 is 4.74 Å². The van der Waals surface area contributed by atoms with E-state index in [9.17, 15) is 0 Å². The molecule has 6 heteroatoms. The summed E-state index contributed by atoms with van der Waals surface area (Å²) in [7, 11) is 1.74. The Hall–Kier alpha value is -1.95. The number of ether oxygens (including phenoxy) is 1. The number of unbranched alkanes of at least 4 members (excludes halogenated alkanes) is 1. The maximum absolute atomic E-state index is 5.53. The van der Waals surface area contributed by atoms with Gasteiger partial charge in [0, 0.05) is 39.3 Å². The molecule has 1 aliphatic rings. The third-order valence-electron chi connectivity index (χ3n) is 5.38. The Morgan fingerprint density at radius 2 is 1.79 bits per heavy atom. The first-order chi connectivity index (χ1) is 13.7. The van der Waals surface area contributed by atoms with E-state index < -0.39 is 0 Å². The standard InChI is InChI=1S/C22H39N5O/c1-5-23-22(24-14-10-11-15-25(6-2)7-3)27-18-16-26(17-19-27)20-12-8-9-13-21(20)28-4/h8-9,12-13H,5-7,10-11,14-19H2,1-4H3,(H,23,24). The average Bonchev–Trinajstić information content (AvgIpc) is 2.75. The SMILES string of the molecule is CCNC(=NCCCCN(CC)CC)N1CCN(c2ccccc2OC)CC1. The lowest BCUT2D eigenvalue weighted by atomic mass is 10.2. The summed E-state index contributed by atoms with van der Waals surface area (Å²) in [6.07, 6.45) is 2.36. The summed E-state index contributed by atoms with van der Waals surface area (Å²) < 4.78 is 5.53. The molecule has 0 aromatic heterocycles. The van der Waals surface area contributed by atoms with Gasteiger partial charge in [-0.05, 0) is 51.5 Å². The lowest BCUT2D eigenvalue weighted by Crippen LogP contribution is -2.52. The minimum absolute atomic E-state index is 0.899. The zero-order valence-corrected chi connectivity index (χ0v) is 18.3. The van der Waals surface area contributed by atoms with Crippen LogP contribution in [0.4, 0.5) is 5.69 Å². The number of para-hydroxylation sites is 2. The van der Waals surface area contributed by atoms with Crippen molar-refractivity contribution >= 4 is 11.6 Å². The van der Waals surface area contributed by atoms with E-state index >= 15 is 0 Å². The van der Waals surface area contributed by atoms with Crippen LogP contribution in [0.25, 0.3) is 0 Å². The Kier molecular flexibility index (Phi) is 9.97. The lowest BCUT2D eigenvalue weighted by molar-refractivity contribution is 0.297. The maximum atomic E-state index is 5.53. The summed E-state index contributed by atoms with van der Waals surface area (Å²) in [5.74, 6) is 2.01. The number of rotatable bonds is 10. The average molecular weight is 390 g/mol. The van der Waals surface area contributed by atoms with Crippen molar-refractivity contribution in [3.63, 3.8) is 0 Å². The van der Waals surface area contributed by atoms with Crippen LogP contribution in [-0.4, -0.2) is 81.8 Å². The molecule has 1 saturated heterocycles. The molecular weight excluding hydrogens is 350 g/mol. The predicted molar refractivity (Wildman–Crippen MR) is 120 cm³/mol. The first-order valence-electron chi connectivity index (χ1n) is 10.9. The fraction of sp³-hybridized carbons (Fsp3) is 0.682. The van der Waals surface area contributed by atoms with E-state index in [4.69, 9.17) is 9.73 Å². The lowest BCUT2D eigenvalue weighted by Gasteiger charge is -2.38. The van der Waals surface area contributed by atoms with Crippen LogP contribution in [0.3, 0.4) is 0 Å². The molecule has 1 fully saturated rings. The molecule has 0 saturated carbocycles. The van der Waals surface area contributed by atoms with Gasteiger partial charge in [0.25, 0.3) is 0 Å². The molecule has 1 aromatic rings. The van der Waals surface area contributed by atoms with E-state index in [1.165, 1.54) is 18.7 Å². The number of methoxy groups -OCH3 is 1. The normalized spacial score (nSPS) is 15.2. The minimum atomic E-state index is 0.899. The Labute approximate surface area is 171 Å². The van der Waals surface area contributed by atoms with Gasteiger partial charge in [-0.25, -0.2) is 0 Å². The highest BCUT2D eigenvalue weighted by Gasteiger charge is 2.21. The van der Waals surface area contributed by atoms with Crippen molar-refractivity contribution in [1.82, 2.24) is 15.1 Å². The van der Waals surface area contributed by atoms with E-state index in [0.29, 0.717) is 0 Å². The Balaban J connectivity index is 1.84. The van der Waals surface area contributed by atoms with Gasteiger partial charge in [0.05, 0.1) is 12.8 Å². The minimum Gasteiger partial charge on any atom is -0.495 e. The molecule has 0 amide bonds. The number of benzene rings is 1. The summed E-state index contributed by atoms with van der Waals surface area (Å²) in [4.78, 5) is 12.2. The van der Waals surface area contributed by atoms with Crippen molar-refractivity contribution in [2.45, 2.75) is 33.6 Å². The van der Waals surface area contributed by atoms with Crippen molar-refractivity contribution in [2.75, 3.05) is 70.9 Å². The van der Waals surface area contributed by atoms with Gasteiger partial charge in [0.1, 0.15) is 5.75 Å². The highest BCUT2D eigenvalue weighted by molar-refractivity contribution is 5.80. The summed E-state index contributed by atoms with van der Waals surface area (Å²) in [5, 5.41) is 3.47. The number of aliphatic imine (C=N–C) groups is 1. The van der Waals surface area contributed by atoms with E-state index in [0.717, 1.165) is 70.5 Å². The Morgan fingerprint density at radius 3 is 2.43 bits per heavy atom. The molecule has 158 valence electrons. The molecule has 6 nitrogen and oxygen atoms in total. The molecule has 1 aliphatic heterocycles. The predicted octanol–water partition coefficient (Wildman–Crippen LogP) is 2.90. The van der Waals surface area contributed by atoms with E-state index in [1.807, 2.05) is 12.1 Å². The van der Waals surface area contributed by atoms with Gasteiger partial charge in [-0.15, -0.1) is 0 Å². The molecule has 1 aromatic carbocycles. The van der Waals surface area contributed by atoms with Crippen LogP contribution in [0.1, 0.15) is 33.6 Å². The summed E-state index contributed by atoms with van der Waals surface area (Å²) in [6.45, 7) is 15.8. The van der Waals surface area contributed by atoms with Crippen molar-refractivity contribution in [3.05, 3.63) is 24.3 Å². The van der Waals surface area contributed by atoms with Gasteiger partial charge in [0.15, 0.2) is 5.96 Å². The van der Waals surface area contributed by atoms with E-state index in [-0.39, 0.29) is 0 Å². The number of nitrogens with one attached hydrogen (secondary N) is 1. The van der Waals surface area contributed by atoms with Crippen LogP contribution in [0.5, 0.6) is 5.75 Å². The summed E-state index contributed by atoms with van der Waals surface area (Å²) in [5.41, 5.74) is 1.18. The second-order valence-corrected chi connectivity index (χ2v) is 7.12. The molecule has 0 aliphatic carbocycles. The van der Waals surface area contributed by atoms with Crippen LogP contribution in [0.15, 0.2) is 29.3 Å². The molecule has 1 heterocycles. The van der Waals surface area contributed by atoms with Gasteiger partial charge < -0.3 is 24.8 Å². The number of anilines is 1. The first kappa shape index (κ1) is 22.3. The molecule has 2 rings (SSSR count). The third kappa shape index (κ3) is 6.59. The molecule has 28 heavy (non-hydrogen) atoms. The fourth-order valence-corrected chi connectivity index (χ4v) is 3.65. The van der Waals surface area contributed by atoms with Gasteiger partial charge in [-0.3, -0.25) is 4.99 Å². The second kappa shape index (κ2) is 12.5. The number of hydrogen-bond acceptors (Lipinski definition) is 4. The van der Waals surface area contributed by atoms with Crippen LogP contribution >= 0.6 is 0 Å². The fourth-order valence-electron chi connectivity index (χ4n) is 3.65. The molecule has 0 unspecified atom stereocenters. The molecule has 0 spiro atoms. The number of guanidine groups is 1. The van der Waals surface area contributed by atoms with Gasteiger partial charge in [-0.2, -0.15) is 0 Å². The maximum Gasteiger partial charge on any atom is 0.194 e. The van der Waals surface area contributed by atoms with Gasteiger partial charge >= 0.3 is 0 Å². The highest BCUT2D eigenvalue weighted by Crippen LogP contribution is 2.28. The van der Waals surface area contributed by atoms with Crippen LogP contribution in [0, 0.1) is 0 Å². The topological polar surface area (TPSA) is 43.3 Å². The van der Waals surface area contributed by atoms with E-state index in [1.54, 1.807) is 7.11 Å². The van der Waals surface area contributed by atoms with Gasteiger partial charge in [0.2, 0.25) is 0 Å². The molecule has 0 atom stereocenters. The Morgan fingerprint density at radius 1 is 1.07 bits per heavy atom. The smallest absolute Gasteiger partial charge is 0.194 e. The second-order valence-electron chi connectivity index (χ2n) is 7.12. The molecule has 0 radical (unpaired) electrons. The van der Waals surface area contributed by atoms with Crippen molar-refractivity contribution in [1.29, 1.82) is 0 Å². The highest BCUT2D eigenvalue weighted by atomic mass is 16.5. The summed E-state index contributed by atoms with van der Waals surface area (Å²) in [6, 6.07) is 8.28. The Bertz CT molecular complexity index is 580. The largest absolute Gasteiger partial charge is 0.495 e. The zero-order valence-electron chi connectivity index (χ0n) is 18.3. The number of hydrogen-bond donors (Lipinski definition) is 1. The zero-order chi connectivity index (χ0) is 20.2. The number of piperazine rings is 1. The number of nitrogens with zero attached hydrogens (tertiary/aromatic N) is 4. The third-order valence-corrected chi connectivity index (χ3v) is 5.38. The van der Waals surface area contributed by atoms with Crippen LogP contribution in [-0.2, 0) is 0 Å². The van der Waals surface area contributed by atoms with Crippen molar-refractivity contribution in [2.24, 2.45) is 4.99 Å². The quantitative estimate of drug-likeness (QED) is 0.379. The molecule has 1 N–H and O–H groups in total. The summed E-state index contributed by atoms with van der Waals surface area (Å²) >= 11 is 0. The molecular formula is C22H39N5O. The van der Waals surface area contributed by atoms with Crippen LogP contribution in [0.2, 0.25) is 0 Å². The first-order valence-corrected chi connectivity index (χ1v) is 10.9. The van der Waals surface area contributed by atoms with Crippen LogP contribution < -0.4 is 15.0 Å². The van der Waals surface area contributed by atoms with Crippen molar-refractivity contribution in [3.8, 4) is 5.75 Å². The monoisotopic (exact) mass is 389 g/mol. The van der Waals surface area contributed by atoms with Gasteiger partial charge in [-0.1, -0.05) is 26.0 Å². The van der Waals surface area contributed by atoms with E-state index in [2.05, 4.69) is 52.9 Å².